The molecule has 0 aliphatic carbocycles. The van der Waals surface area contributed by atoms with Crippen LogP contribution in [0.1, 0.15) is 24.0 Å². The van der Waals surface area contributed by atoms with Gasteiger partial charge in [0.2, 0.25) is 15.9 Å². The molecule has 0 N–H and O–H groups in total. The van der Waals surface area contributed by atoms with E-state index in [4.69, 9.17) is 23.2 Å². The predicted octanol–water partition coefficient (Wildman–Crippen LogP) is 4.39. The molecule has 9 heteroatoms. The molecule has 4 rings (SSSR count). The fraction of sp³-hybridized carbons (Fsp3) is 0.423. The maximum Gasteiger partial charge on any atom is 0.225 e. The lowest BCUT2D eigenvalue weighted by atomic mass is 9.96. The topological polar surface area (TPSA) is 60.9 Å². The van der Waals surface area contributed by atoms with Gasteiger partial charge in [0, 0.05) is 51.7 Å². The fourth-order valence-electron chi connectivity index (χ4n) is 4.62. The Morgan fingerprint density at radius 3 is 2.26 bits per heavy atom. The van der Waals surface area contributed by atoms with E-state index in [0.29, 0.717) is 54.6 Å². The van der Waals surface area contributed by atoms with Crippen LogP contribution in [-0.4, -0.2) is 74.2 Å². The zero-order valence-electron chi connectivity index (χ0n) is 19.7. The average Bonchev–Trinajstić information content (AvgIpc) is 2.87. The van der Waals surface area contributed by atoms with Crippen molar-refractivity contribution in [2.75, 3.05) is 45.8 Å². The molecule has 6 nitrogen and oxygen atoms in total. The molecule has 0 atom stereocenters. The molecule has 2 aromatic rings. The molecular formula is C26H31Cl2N3O3S. The molecule has 35 heavy (non-hydrogen) atoms. The zero-order valence-corrected chi connectivity index (χ0v) is 22.0. The highest BCUT2D eigenvalue weighted by molar-refractivity contribution is 7.88. The Labute approximate surface area is 218 Å². The summed E-state index contributed by atoms with van der Waals surface area (Å²) in [5.41, 5.74) is 1.79. The van der Waals surface area contributed by atoms with Crippen LogP contribution in [0.25, 0.3) is 6.08 Å². The molecule has 0 unspecified atom stereocenters. The number of piperidine rings is 1. The molecule has 2 fully saturated rings. The SMILES string of the molecule is O=C(C1CCN(S(=O)(=O)Cc2ccc(Cl)c(Cl)c2)CC1)N1CCN(C/C=C/c2ccccc2)CC1. The Morgan fingerprint density at radius 2 is 1.60 bits per heavy atom. The molecule has 188 valence electrons. The quantitative estimate of drug-likeness (QED) is 0.527. The molecule has 1 amide bonds. The van der Waals surface area contributed by atoms with Gasteiger partial charge in [0.25, 0.3) is 0 Å². The van der Waals surface area contributed by atoms with E-state index in [9.17, 15) is 13.2 Å². The van der Waals surface area contributed by atoms with Gasteiger partial charge in [-0.3, -0.25) is 9.69 Å². The number of carbonyl (C=O) groups excluding carboxylic acids is 1. The third kappa shape index (κ3) is 7.08. The lowest BCUT2D eigenvalue weighted by Crippen LogP contribution is -2.51. The standard InChI is InChI=1S/C26H31Cl2N3O3S/c27-24-9-8-22(19-25(24)28)20-35(33,34)31-13-10-23(11-14-31)26(32)30-17-15-29(16-18-30)12-4-7-21-5-2-1-3-6-21/h1-9,19,23H,10-18,20H2/b7-4+. The molecule has 0 bridgehead atoms. The first-order valence-corrected chi connectivity index (χ1v) is 14.3. The van der Waals surface area contributed by atoms with E-state index >= 15 is 0 Å². The van der Waals surface area contributed by atoms with Gasteiger partial charge in [0.05, 0.1) is 15.8 Å². The number of hydrogen-bond acceptors (Lipinski definition) is 4. The number of piperazine rings is 1. The molecule has 2 aliphatic heterocycles. The molecule has 0 spiro atoms. The van der Waals surface area contributed by atoms with Gasteiger partial charge in [-0.25, -0.2) is 12.7 Å². The van der Waals surface area contributed by atoms with E-state index in [1.54, 1.807) is 18.2 Å². The number of amides is 1. The van der Waals surface area contributed by atoms with Gasteiger partial charge in [0.15, 0.2) is 0 Å². The Bertz CT molecular complexity index is 1140. The summed E-state index contributed by atoms with van der Waals surface area (Å²) in [6, 6.07) is 15.1. The molecule has 0 radical (unpaired) electrons. The molecule has 0 saturated carbocycles. The largest absolute Gasteiger partial charge is 0.340 e. The Kier molecular flexibility index (Phi) is 8.89. The van der Waals surface area contributed by atoms with Crippen molar-refractivity contribution in [3.8, 4) is 0 Å². The second-order valence-electron chi connectivity index (χ2n) is 9.12. The fourth-order valence-corrected chi connectivity index (χ4v) is 6.49. The molecule has 2 aliphatic rings. The molecule has 2 heterocycles. The van der Waals surface area contributed by atoms with Gasteiger partial charge < -0.3 is 4.90 Å². The lowest BCUT2D eigenvalue weighted by Gasteiger charge is -2.38. The van der Waals surface area contributed by atoms with Gasteiger partial charge in [0.1, 0.15) is 0 Å². The summed E-state index contributed by atoms with van der Waals surface area (Å²) in [5.74, 6) is -0.0784. The maximum absolute atomic E-state index is 13.1. The number of rotatable bonds is 7. The smallest absolute Gasteiger partial charge is 0.225 e. The molecular weight excluding hydrogens is 505 g/mol. The second-order valence-corrected chi connectivity index (χ2v) is 11.9. The van der Waals surface area contributed by atoms with Crippen LogP contribution in [0.2, 0.25) is 10.0 Å². The summed E-state index contributed by atoms with van der Waals surface area (Å²) >= 11 is 12.0. The Morgan fingerprint density at radius 1 is 0.914 bits per heavy atom. The minimum Gasteiger partial charge on any atom is -0.340 e. The lowest BCUT2D eigenvalue weighted by molar-refractivity contribution is -0.138. The van der Waals surface area contributed by atoms with E-state index in [0.717, 1.165) is 19.6 Å². The maximum atomic E-state index is 13.1. The number of carbonyl (C=O) groups is 1. The molecule has 2 aromatic carbocycles. The van der Waals surface area contributed by atoms with Crippen molar-refractivity contribution in [1.29, 1.82) is 0 Å². The average molecular weight is 537 g/mol. The van der Waals surface area contributed by atoms with Crippen molar-refractivity contribution in [3.05, 3.63) is 75.8 Å². The van der Waals surface area contributed by atoms with Crippen molar-refractivity contribution in [2.24, 2.45) is 5.92 Å². The van der Waals surface area contributed by atoms with Crippen LogP contribution < -0.4 is 0 Å². The van der Waals surface area contributed by atoms with Gasteiger partial charge in [-0.15, -0.1) is 0 Å². The minimum absolute atomic E-state index is 0.115. The summed E-state index contributed by atoms with van der Waals surface area (Å²) in [6.45, 7) is 4.73. The monoisotopic (exact) mass is 535 g/mol. The van der Waals surface area contributed by atoms with Crippen LogP contribution in [0.4, 0.5) is 0 Å². The number of hydrogen-bond donors (Lipinski definition) is 0. The van der Waals surface area contributed by atoms with Crippen molar-refractivity contribution in [3.63, 3.8) is 0 Å². The van der Waals surface area contributed by atoms with E-state index in [1.807, 2.05) is 23.1 Å². The molecule has 0 aromatic heterocycles. The minimum atomic E-state index is -3.48. The van der Waals surface area contributed by atoms with Gasteiger partial charge in [-0.05, 0) is 36.1 Å². The highest BCUT2D eigenvalue weighted by atomic mass is 35.5. The van der Waals surface area contributed by atoms with Crippen molar-refractivity contribution in [1.82, 2.24) is 14.1 Å². The first-order chi connectivity index (χ1) is 16.8. The van der Waals surface area contributed by atoms with Crippen LogP contribution in [0.3, 0.4) is 0 Å². The van der Waals surface area contributed by atoms with E-state index in [2.05, 4.69) is 29.2 Å². The number of halogens is 2. The van der Waals surface area contributed by atoms with Gasteiger partial charge in [-0.2, -0.15) is 0 Å². The van der Waals surface area contributed by atoms with Crippen LogP contribution in [0.15, 0.2) is 54.6 Å². The van der Waals surface area contributed by atoms with Crippen LogP contribution in [-0.2, 0) is 20.6 Å². The van der Waals surface area contributed by atoms with Crippen molar-refractivity contribution in [2.45, 2.75) is 18.6 Å². The van der Waals surface area contributed by atoms with Gasteiger partial charge in [-0.1, -0.05) is 71.8 Å². The number of sulfonamides is 1. The molecule has 2 saturated heterocycles. The van der Waals surface area contributed by atoms with E-state index in [1.165, 1.54) is 9.87 Å². The summed E-state index contributed by atoms with van der Waals surface area (Å²) in [5, 5.41) is 0.743. The Hall–Kier alpha value is -1.90. The van der Waals surface area contributed by atoms with E-state index < -0.39 is 10.0 Å². The highest BCUT2D eigenvalue weighted by Crippen LogP contribution is 2.27. The predicted molar refractivity (Wildman–Crippen MR) is 142 cm³/mol. The first kappa shape index (κ1) is 26.2. The zero-order chi connectivity index (χ0) is 24.8. The van der Waals surface area contributed by atoms with Crippen LogP contribution in [0.5, 0.6) is 0 Å². The summed E-state index contributed by atoms with van der Waals surface area (Å²) in [4.78, 5) is 17.4. The van der Waals surface area contributed by atoms with Gasteiger partial charge >= 0.3 is 0 Å². The first-order valence-electron chi connectivity index (χ1n) is 12.0. The third-order valence-corrected chi connectivity index (χ3v) is 9.28. The summed E-state index contributed by atoms with van der Waals surface area (Å²) in [7, 11) is -3.48. The van der Waals surface area contributed by atoms with E-state index in [-0.39, 0.29) is 17.6 Å². The number of benzene rings is 2. The Balaban J connectivity index is 1.22. The van der Waals surface area contributed by atoms with Crippen molar-refractivity contribution >= 4 is 45.2 Å². The third-order valence-electron chi connectivity index (χ3n) is 6.69. The second kappa shape index (κ2) is 11.9. The van der Waals surface area contributed by atoms with Crippen LogP contribution >= 0.6 is 23.2 Å². The summed E-state index contributed by atoms with van der Waals surface area (Å²) < 4.78 is 27.3. The normalized spacial score (nSPS) is 18.9. The van der Waals surface area contributed by atoms with Crippen LogP contribution in [0, 0.1) is 5.92 Å². The summed E-state index contributed by atoms with van der Waals surface area (Å²) in [6.07, 6.45) is 5.40. The number of nitrogens with zero attached hydrogens (tertiary/aromatic N) is 3. The van der Waals surface area contributed by atoms with Crippen molar-refractivity contribution < 1.29 is 13.2 Å². The highest BCUT2D eigenvalue weighted by Gasteiger charge is 2.34.